The fourth-order valence-electron chi connectivity index (χ4n) is 3.08. The third-order valence-electron chi connectivity index (χ3n) is 4.66. The van der Waals surface area contributed by atoms with Crippen LogP contribution in [0.4, 0.5) is 0 Å². The second-order valence-electron chi connectivity index (χ2n) is 7.45. The van der Waals surface area contributed by atoms with E-state index in [2.05, 4.69) is 5.32 Å². The number of halogens is 2. The van der Waals surface area contributed by atoms with Gasteiger partial charge < -0.3 is 10.2 Å². The Morgan fingerprint density at radius 2 is 1.62 bits per heavy atom. The molecule has 0 heterocycles. The summed E-state index contributed by atoms with van der Waals surface area (Å²) in [4.78, 5) is 27.8. The number of carbonyl (C=O) groups excluding carboxylic acids is 2. The Morgan fingerprint density at radius 1 is 1.00 bits per heavy atom. The summed E-state index contributed by atoms with van der Waals surface area (Å²) in [5, 5.41) is 3.85. The van der Waals surface area contributed by atoms with Crippen molar-refractivity contribution in [1.29, 1.82) is 0 Å². The molecule has 2 amide bonds. The lowest BCUT2D eigenvalue weighted by molar-refractivity contribution is -0.141. The minimum atomic E-state index is -0.567. The zero-order chi connectivity index (χ0) is 21.4. The molecule has 2 rings (SSSR count). The average molecular weight is 435 g/mol. The van der Waals surface area contributed by atoms with Crippen LogP contribution in [0.25, 0.3) is 0 Å². The first-order valence-electron chi connectivity index (χ1n) is 9.87. The molecule has 4 nitrogen and oxygen atoms in total. The van der Waals surface area contributed by atoms with Crippen molar-refractivity contribution in [1.82, 2.24) is 10.2 Å². The molecule has 0 spiro atoms. The molecule has 1 N–H and O–H groups in total. The summed E-state index contributed by atoms with van der Waals surface area (Å²) in [6, 6.07) is 14.3. The predicted molar refractivity (Wildman–Crippen MR) is 119 cm³/mol. The van der Waals surface area contributed by atoms with Crippen molar-refractivity contribution in [3.05, 3.63) is 69.7 Å². The number of hydrogen-bond donors (Lipinski definition) is 1. The minimum absolute atomic E-state index is 0.0410. The van der Waals surface area contributed by atoms with Gasteiger partial charge in [0.1, 0.15) is 6.04 Å². The fourth-order valence-corrected chi connectivity index (χ4v) is 3.61. The number of hydrogen-bond acceptors (Lipinski definition) is 2. The van der Waals surface area contributed by atoms with Crippen molar-refractivity contribution in [3.63, 3.8) is 0 Å². The highest BCUT2D eigenvalue weighted by molar-refractivity contribution is 6.36. The molecule has 0 bridgehead atoms. The summed E-state index contributed by atoms with van der Waals surface area (Å²) in [6.45, 7) is 6.89. The highest BCUT2D eigenvalue weighted by Gasteiger charge is 2.29. The predicted octanol–water partition coefficient (Wildman–Crippen LogP) is 5.12. The second-order valence-corrected chi connectivity index (χ2v) is 8.26. The summed E-state index contributed by atoms with van der Waals surface area (Å²) in [6.07, 6.45) is 0.554. The monoisotopic (exact) mass is 434 g/mol. The van der Waals surface area contributed by atoms with Crippen molar-refractivity contribution in [2.24, 2.45) is 5.92 Å². The van der Waals surface area contributed by atoms with Crippen molar-refractivity contribution >= 4 is 35.0 Å². The maximum Gasteiger partial charge on any atom is 0.242 e. The number of nitrogens with zero attached hydrogens (tertiary/aromatic N) is 1. The van der Waals surface area contributed by atoms with Crippen LogP contribution in [-0.2, 0) is 22.6 Å². The van der Waals surface area contributed by atoms with Gasteiger partial charge in [-0.15, -0.1) is 0 Å². The van der Waals surface area contributed by atoms with Crippen LogP contribution in [0, 0.1) is 5.92 Å². The van der Waals surface area contributed by atoms with Gasteiger partial charge >= 0.3 is 0 Å². The van der Waals surface area contributed by atoms with E-state index in [1.165, 1.54) is 0 Å². The van der Waals surface area contributed by atoms with Crippen LogP contribution in [0.1, 0.15) is 38.3 Å². The maximum atomic E-state index is 13.3. The summed E-state index contributed by atoms with van der Waals surface area (Å²) in [5.41, 5.74) is 1.54. The van der Waals surface area contributed by atoms with E-state index in [9.17, 15) is 9.59 Å². The molecule has 0 aliphatic rings. The average Bonchev–Trinajstić information content (AvgIpc) is 2.69. The fraction of sp³-hybridized carbons (Fsp3) is 0.391. The van der Waals surface area contributed by atoms with Gasteiger partial charge in [0.15, 0.2) is 0 Å². The quantitative estimate of drug-likeness (QED) is 0.595. The van der Waals surface area contributed by atoms with Gasteiger partial charge in [0.25, 0.3) is 0 Å². The number of nitrogens with one attached hydrogen (secondary N) is 1. The molecule has 0 saturated heterocycles. The Labute approximate surface area is 183 Å². The lowest BCUT2D eigenvalue weighted by atomic mass is 10.1. The van der Waals surface area contributed by atoms with E-state index in [4.69, 9.17) is 23.2 Å². The molecular formula is C23H28Cl2N2O2. The standard InChI is InChI=1S/C23H28Cl2N2O2/c1-4-21(23(29)26-14-16(2)3)27(15-17-9-6-5-7-10-17)22(28)13-18-19(24)11-8-12-20(18)25/h5-12,16,21H,4,13-15H2,1-3H3,(H,26,29)/t21-/m0/s1. The second kappa shape index (κ2) is 11.2. The molecule has 2 aromatic carbocycles. The Morgan fingerprint density at radius 3 is 2.17 bits per heavy atom. The van der Waals surface area contributed by atoms with Gasteiger partial charge in [-0.1, -0.05) is 80.4 Å². The number of amides is 2. The number of carbonyl (C=O) groups is 2. The topological polar surface area (TPSA) is 49.4 Å². The van der Waals surface area contributed by atoms with Gasteiger partial charge in [0.2, 0.25) is 11.8 Å². The van der Waals surface area contributed by atoms with Gasteiger partial charge in [0.05, 0.1) is 6.42 Å². The lowest BCUT2D eigenvalue weighted by Crippen LogP contribution is -2.50. The molecule has 29 heavy (non-hydrogen) atoms. The van der Waals surface area contributed by atoms with E-state index in [0.29, 0.717) is 41.0 Å². The van der Waals surface area contributed by atoms with Crippen LogP contribution in [0.3, 0.4) is 0 Å². The third kappa shape index (κ3) is 6.76. The highest BCUT2D eigenvalue weighted by atomic mass is 35.5. The number of rotatable bonds is 9. The summed E-state index contributed by atoms with van der Waals surface area (Å²) < 4.78 is 0. The molecule has 0 saturated carbocycles. The largest absolute Gasteiger partial charge is 0.354 e. The molecule has 0 fully saturated rings. The van der Waals surface area contributed by atoms with E-state index in [0.717, 1.165) is 5.56 Å². The molecule has 0 aliphatic heterocycles. The first-order chi connectivity index (χ1) is 13.8. The normalized spacial score (nSPS) is 11.9. The van der Waals surface area contributed by atoms with E-state index in [-0.39, 0.29) is 18.2 Å². The first kappa shape index (κ1) is 23.2. The van der Waals surface area contributed by atoms with Crippen LogP contribution in [0.5, 0.6) is 0 Å². The number of benzene rings is 2. The maximum absolute atomic E-state index is 13.3. The third-order valence-corrected chi connectivity index (χ3v) is 5.36. The van der Waals surface area contributed by atoms with Gasteiger partial charge in [-0.25, -0.2) is 0 Å². The molecule has 6 heteroatoms. The Bertz CT molecular complexity index is 805. The molecule has 156 valence electrons. The molecule has 2 aromatic rings. The lowest BCUT2D eigenvalue weighted by Gasteiger charge is -2.31. The summed E-state index contributed by atoms with van der Waals surface area (Å²) >= 11 is 12.5. The van der Waals surface area contributed by atoms with Crippen LogP contribution in [0.15, 0.2) is 48.5 Å². The first-order valence-corrected chi connectivity index (χ1v) is 10.6. The molecule has 0 aliphatic carbocycles. The van der Waals surface area contributed by atoms with Crippen molar-refractivity contribution in [3.8, 4) is 0 Å². The van der Waals surface area contributed by atoms with Crippen LogP contribution < -0.4 is 5.32 Å². The Hall–Kier alpha value is -2.04. The molecule has 0 unspecified atom stereocenters. The minimum Gasteiger partial charge on any atom is -0.354 e. The SMILES string of the molecule is CC[C@@H](C(=O)NCC(C)C)N(Cc1ccccc1)C(=O)Cc1c(Cl)cccc1Cl. The molecule has 1 atom stereocenters. The Balaban J connectivity index is 2.30. The van der Waals surface area contributed by atoms with E-state index in [1.54, 1.807) is 23.1 Å². The van der Waals surface area contributed by atoms with Crippen molar-refractivity contribution < 1.29 is 9.59 Å². The molecular weight excluding hydrogens is 407 g/mol. The van der Waals surface area contributed by atoms with Gasteiger partial charge in [-0.2, -0.15) is 0 Å². The van der Waals surface area contributed by atoms with Gasteiger partial charge in [0, 0.05) is 23.1 Å². The van der Waals surface area contributed by atoms with E-state index in [1.807, 2.05) is 51.1 Å². The summed E-state index contributed by atoms with van der Waals surface area (Å²) in [7, 11) is 0. The zero-order valence-corrected chi connectivity index (χ0v) is 18.6. The van der Waals surface area contributed by atoms with E-state index < -0.39 is 6.04 Å². The van der Waals surface area contributed by atoms with Gasteiger partial charge in [-0.3, -0.25) is 9.59 Å². The zero-order valence-electron chi connectivity index (χ0n) is 17.1. The van der Waals surface area contributed by atoms with Gasteiger partial charge in [-0.05, 0) is 35.6 Å². The molecule has 0 aromatic heterocycles. The van der Waals surface area contributed by atoms with Crippen LogP contribution in [-0.4, -0.2) is 29.3 Å². The van der Waals surface area contributed by atoms with Crippen LogP contribution >= 0.6 is 23.2 Å². The van der Waals surface area contributed by atoms with Crippen molar-refractivity contribution in [2.75, 3.05) is 6.54 Å². The summed E-state index contributed by atoms with van der Waals surface area (Å²) in [5.74, 6) is 0.00259. The van der Waals surface area contributed by atoms with E-state index >= 15 is 0 Å². The van der Waals surface area contributed by atoms with Crippen LogP contribution in [0.2, 0.25) is 10.0 Å². The van der Waals surface area contributed by atoms with Crippen molar-refractivity contribution in [2.45, 2.75) is 46.2 Å². The highest BCUT2D eigenvalue weighted by Crippen LogP contribution is 2.26. The smallest absolute Gasteiger partial charge is 0.242 e. The Kier molecular flexibility index (Phi) is 8.99. The molecule has 0 radical (unpaired) electrons.